The summed E-state index contributed by atoms with van der Waals surface area (Å²) in [7, 11) is 0. The molecule has 2 heterocycles. The zero-order valence-electron chi connectivity index (χ0n) is 14.7. The number of aromatic nitrogens is 4. The van der Waals surface area contributed by atoms with Gasteiger partial charge in [-0.25, -0.2) is 4.98 Å². The van der Waals surface area contributed by atoms with E-state index in [4.69, 9.17) is 0 Å². The molecule has 130 valence electrons. The average molecular weight is 345 g/mol. The SMILES string of the molecule is Cc1ccc(NCc2cc(=O)n3[nH]c(-c4ccccc4)nc3n2)cc1C. The predicted molar refractivity (Wildman–Crippen MR) is 102 cm³/mol. The Labute approximate surface area is 150 Å². The molecule has 0 spiro atoms. The first-order valence-electron chi connectivity index (χ1n) is 8.45. The van der Waals surface area contributed by atoms with Crippen molar-refractivity contribution in [1.82, 2.24) is 19.6 Å². The zero-order valence-corrected chi connectivity index (χ0v) is 14.7. The van der Waals surface area contributed by atoms with Crippen LogP contribution in [-0.4, -0.2) is 19.6 Å². The van der Waals surface area contributed by atoms with E-state index >= 15 is 0 Å². The molecular formula is C20H19N5O. The molecule has 4 rings (SSSR count). The third kappa shape index (κ3) is 3.09. The van der Waals surface area contributed by atoms with Crippen LogP contribution in [0.15, 0.2) is 59.4 Å². The number of nitrogens with zero attached hydrogens (tertiary/aromatic N) is 3. The number of hydrogen-bond donors (Lipinski definition) is 2. The van der Waals surface area contributed by atoms with Gasteiger partial charge in [-0.1, -0.05) is 36.4 Å². The molecule has 0 atom stereocenters. The highest BCUT2D eigenvalue weighted by molar-refractivity contribution is 5.56. The molecule has 0 aliphatic heterocycles. The Morgan fingerprint density at radius 1 is 1.00 bits per heavy atom. The Balaban J connectivity index is 1.62. The number of aromatic amines is 1. The van der Waals surface area contributed by atoms with Crippen molar-refractivity contribution in [3.8, 4) is 11.4 Å². The van der Waals surface area contributed by atoms with Crippen LogP contribution in [0.3, 0.4) is 0 Å². The monoisotopic (exact) mass is 345 g/mol. The van der Waals surface area contributed by atoms with Crippen molar-refractivity contribution in [2.24, 2.45) is 0 Å². The molecule has 4 aromatic rings. The van der Waals surface area contributed by atoms with Gasteiger partial charge in [0.05, 0.1) is 12.2 Å². The first-order chi connectivity index (χ1) is 12.6. The van der Waals surface area contributed by atoms with E-state index in [-0.39, 0.29) is 5.56 Å². The maximum atomic E-state index is 12.4. The second-order valence-electron chi connectivity index (χ2n) is 6.31. The molecule has 2 aromatic carbocycles. The van der Waals surface area contributed by atoms with Crippen LogP contribution < -0.4 is 10.9 Å². The summed E-state index contributed by atoms with van der Waals surface area (Å²) in [6.45, 7) is 4.62. The summed E-state index contributed by atoms with van der Waals surface area (Å²) in [5.41, 5.74) is 4.85. The second-order valence-corrected chi connectivity index (χ2v) is 6.31. The highest BCUT2D eigenvalue weighted by Gasteiger charge is 2.09. The molecule has 2 aromatic heterocycles. The lowest BCUT2D eigenvalue weighted by Crippen LogP contribution is -2.17. The van der Waals surface area contributed by atoms with Crippen molar-refractivity contribution in [2.75, 3.05) is 5.32 Å². The average Bonchev–Trinajstić information content (AvgIpc) is 3.08. The maximum Gasteiger partial charge on any atom is 0.274 e. The minimum absolute atomic E-state index is 0.179. The van der Waals surface area contributed by atoms with E-state index < -0.39 is 0 Å². The van der Waals surface area contributed by atoms with Gasteiger partial charge in [0.1, 0.15) is 0 Å². The van der Waals surface area contributed by atoms with Crippen molar-refractivity contribution in [2.45, 2.75) is 20.4 Å². The number of aryl methyl sites for hydroxylation is 2. The van der Waals surface area contributed by atoms with E-state index in [9.17, 15) is 4.79 Å². The fraction of sp³-hybridized carbons (Fsp3) is 0.150. The van der Waals surface area contributed by atoms with Crippen LogP contribution in [-0.2, 0) is 6.54 Å². The summed E-state index contributed by atoms with van der Waals surface area (Å²) in [6.07, 6.45) is 0. The summed E-state index contributed by atoms with van der Waals surface area (Å²) < 4.78 is 1.36. The Morgan fingerprint density at radius 2 is 1.81 bits per heavy atom. The molecule has 0 saturated heterocycles. The molecule has 2 N–H and O–H groups in total. The highest BCUT2D eigenvalue weighted by atomic mass is 16.1. The smallest absolute Gasteiger partial charge is 0.274 e. The molecule has 0 aliphatic rings. The summed E-state index contributed by atoms with van der Waals surface area (Å²) in [4.78, 5) is 21.3. The first-order valence-corrected chi connectivity index (χ1v) is 8.45. The van der Waals surface area contributed by atoms with E-state index in [1.54, 1.807) is 0 Å². The number of nitrogens with one attached hydrogen (secondary N) is 2. The van der Waals surface area contributed by atoms with E-state index in [0.29, 0.717) is 23.8 Å². The lowest BCUT2D eigenvalue weighted by Gasteiger charge is -2.08. The predicted octanol–water partition coefficient (Wildman–Crippen LogP) is 3.31. The van der Waals surface area contributed by atoms with Gasteiger partial charge in [-0.15, -0.1) is 0 Å². The van der Waals surface area contributed by atoms with Crippen molar-refractivity contribution in [3.63, 3.8) is 0 Å². The third-order valence-corrected chi connectivity index (χ3v) is 4.41. The maximum absolute atomic E-state index is 12.4. The lowest BCUT2D eigenvalue weighted by atomic mass is 10.1. The number of rotatable bonds is 4. The molecule has 0 fully saturated rings. The molecule has 26 heavy (non-hydrogen) atoms. The van der Waals surface area contributed by atoms with Crippen molar-refractivity contribution in [3.05, 3.63) is 81.8 Å². The van der Waals surface area contributed by atoms with Crippen LogP contribution in [0.25, 0.3) is 17.2 Å². The number of anilines is 1. The number of hydrogen-bond acceptors (Lipinski definition) is 4. The van der Waals surface area contributed by atoms with Gasteiger partial charge >= 0.3 is 0 Å². The van der Waals surface area contributed by atoms with E-state index in [2.05, 4.69) is 46.4 Å². The minimum Gasteiger partial charge on any atom is -0.379 e. The largest absolute Gasteiger partial charge is 0.379 e. The number of H-pyrrole nitrogens is 1. The van der Waals surface area contributed by atoms with Gasteiger partial charge in [-0.05, 0) is 37.1 Å². The summed E-state index contributed by atoms with van der Waals surface area (Å²) >= 11 is 0. The Bertz CT molecular complexity index is 1130. The van der Waals surface area contributed by atoms with Gasteiger partial charge in [-0.2, -0.15) is 9.50 Å². The topological polar surface area (TPSA) is 75.1 Å². The second kappa shape index (κ2) is 6.48. The molecule has 0 bridgehead atoms. The fourth-order valence-electron chi connectivity index (χ4n) is 2.79. The number of benzene rings is 2. The molecule has 0 aliphatic carbocycles. The van der Waals surface area contributed by atoms with E-state index in [0.717, 1.165) is 11.3 Å². The molecule has 6 nitrogen and oxygen atoms in total. The van der Waals surface area contributed by atoms with Crippen LogP contribution in [0.1, 0.15) is 16.8 Å². The zero-order chi connectivity index (χ0) is 18.1. The van der Waals surface area contributed by atoms with Crippen molar-refractivity contribution < 1.29 is 0 Å². The lowest BCUT2D eigenvalue weighted by molar-refractivity contribution is 0.879. The van der Waals surface area contributed by atoms with Gasteiger partial charge in [0, 0.05) is 17.3 Å². The van der Waals surface area contributed by atoms with Gasteiger partial charge in [-0.3, -0.25) is 9.89 Å². The summed E-state index contributed by atoms with van der Waals surface area (Å²) in [6, 6.07) is 17.4. The van der Waals surface area contributed by atoms with E-state index in [1.165, 1.54) is 21.7 Å². The molecule has 0 saturated carbocycles. The normalized spacial score (nSPS) is 11.0. The van der Waals surface area contributed by atoms with Gasteiger partial charge < -0.3 is 5.32 Å². The van der Waals surface area contributed by atoms with Gasteiger partial charge in [0.25, 0.3) is 11.3 Å². The quantitative estimate of drug-likeness (QED) is 0.595. The first kappa shape index (κ1) is 16.1. The Kier molecular flexibility index (Phi) is 4.01. The van der Waals surface area contributed by atoms with Crippen LogP contribution in [0.4, 0.5) is 5.69 Å². The van der Waals surface area contributed by atoms with Gasteiger partial charge in [0.15, 0.2) is 5.82 Å². The Hall–Kier alpha value is -3.41. The summed E-state index contributed by atoms with van der Waals surface area (Å²) in [5.74, 6) is 0.989. The third-order valence-electron chi connectivity index (χ3n) is 4.41. The fourth-order valence-corrected chi connectivity index (χ4v) is 2.79. The van der Waals surface area contributed by atoms with Crippen LogP contribution >= 0.6 is 0 Å². The number of fused-ring (bicyclic) bond motifs is 1. The van der Waals surface area contributed by atoms with Crippen LogP contribution in [0.5, 0.6) is 0 Å². The van der Waals surface area contributed by atoms with Crippen LogP contribution in [0.2, 0.25) is 0 Å². The highest BCUT2D eigenvalue weighted by Crippen LogP contribution is 2.16. The van der Waals surface area contributed by atoms with Crippen molar-refractivity contribution in [1.29, 1.82) is 0 Å². The molecule has 0 unspecified atom stereocenters. The standard InChI is InChI=1S/C20H19N5O/c1-13-8-9-16(10-14(13)2)21-12-17-11-18(26)25-20(22-17)23-19(24-25)15-6-4-3-5-7-15/h3-11,21H,12H2,1-2H3,(H,22,23,24). The molecule has 0 amide bonds. The Morgan fingerprint density at radius 3 is 2.58 bits per heavy atom. The van der Waals surface area contributed by atoms with Crippen molar-refractivity contribution >= 4 is 11.5 Å². The van der Waals surface area contributed by atoms with Crippen LogP contribution in [0, 0.1) is 13.8 Å². The molecule has 6 heteroatoms. The molecular weight excluding hydrogens is 326 g/mol. The summed E-state index contributed by atoms with van der Waals surface area (Å²) in [5, 5.41) is 6.32. The van der Waals surface area contributed by atoms with Gasteiger partial charge in [0.2, 0.25) is 0 Å². The minimum atomic E-state index is -0.179. The molecule has 0 radical (unpaired) electrons. The van der Waals surface area contributed by atoms with E-state index in [1.807, 2.05) is 36.4 Å².